The third-order valence-corrected chi connectivity index (χ3v) is 5.19. The summed E-state index contributed by atoms with van der Waals surface area (Å²) in [6.07, 6.45) is 9.21. The summed E-state index contributed by atoms with van der Waals surface area (Å²) in [5.74, 6) is -0.0836. The lowest BCUT2D eigenvalue weighted by atomic mass is 9.51. The first-order valence-electron chi connectivity index (χ1n) is 8.97. The summed E-state index contributed by atoms with van der Waals surface area (Å²) < 4.78 is 0. The van der Waals surface area contributed by atoms with Crippen LogP contribution in [0.2, 0.25) is 0 Å². The van der Waals surface area contributed by atoms with Gasteiger partial charge < -0.3 is 16.4 Å². The lowest BCUT2D eigenvalue weighted by Crippen LogP contribution is -2.54. The summed E-state index contributed by atoms with van der Waals surface area (Å²) in [7, 11) is 4.52. The molecule has 1 amide bonds. The maximum atomic E-state index is 11.4. The molecule has 0 saturated carbocycles. The molecule has 0 spiro atoms. The fraction of sp³-hybridized carbons (Fsp3) is 0.263. The van der Waals surface area contributed by atoms with Gasteiger partial charge in [-0.3, -0.25) is 10.2 Å². The summed E-state index contributed by atoms with van der Waals surface area (Å²) in [6, 6.07) is 8.43. The van der Waals surface area contributed by atoms with E-state index in [2.05, 4.69) is 50.6 Å². The zero-order valence-corrected chi connectivity index (χ0v) is 15.3. The molecule has 1 aliphatic carbocycles. The Morgan fingerprint density at radius 3 is 2.73 bits per heavy atom. The van der Waals surface area contributed by atoms with Crippen molar-refractivity contribution in [3.05, 3.63) is 65.4 Å². The van der Waals surface area contributed by atoms with Crippen molar-refractivity contribution in [3.8, 4) is 0 Å². The van der Waals surface area contributed by atoms with Crippen LogP contribution >= 0.6 is 0 Å². The van der Waals surface area contributed by atoms with Crippen molar-refractivity contribution in [2.24, 2.45) is 5.73 Å². The van der Waals surface area contributed by atoms with Gasteiger partial charge in [-0.1, -0.05) is 24.3 Å². The maximum Gasteiger partial charge on any atom is 0.250 e. The number of hydrogen-bond donors (Lipinski definition) is 4. The fourth-order valence-electron chi connectivity index (χ4n) is 3.65. The number of hydrogen-bond acceptors (Lipinski definition) is 4. The Bertz CT molecular complexity index is 809. The Labute approximate surface area is 156 Å². The Morgan fingerprint density at radius 1 is 1.35 bits per heavy atom. The summed E-state index contributed by atoms with van der Waals surface area (Å²) in [6.45, 7) is 1.08. The number of allylic oxidation sites excluding steroid dienone is 4. The molecule has 1 saturated heterocycles. The Morgan fingerprint density at radius 2 is 2.08 bits per heavy atom. The topological polar surface area (TPSA) is 91.0 Å². The molecule has 1 aromatic rings. The maximum absolute atomic E-state index is 11.4. The van der Waals surface area contributed by atoms with Crippen LogP contribution in [-0.2, 0) is 4.79 Å². The summed E-state index contributed by atoms with van der Waals surface area (Å²) in [5.41, 5.74) is 8.57. The summed E-state index contributed by atoms with van der Waals surface area (Å²) >= 11 is 0. The molecule has 5 nitrogen and oxygen atoms in total. The van der Waals surface area contributed by atoms with E-state index in [1.165, 1.54) is 18.4 Å². The molecule has 0 radical (unpaired) electrons. The summed E-state index contributed by atoms with van der Waals surface area (Å²) in [4.78, 5) is 11.4. The van der Waals surface area contributed by atoms with E-state index < -0.39 is 5.91 Å². The van der Waals surface area contributed by atoms with Crippen molar-refractivity contribution in [2.75, 3.05) is 11.9 Å². The molecule has 1 heterocycles. The Balaban J connectivity index is 1.70. The second kappa shape index (κ2) is 7.38. The van der Waals surface area contributed by atoms with Crippen LogP contribution in [0.4, 0.5) is 5.69 Å². The zero-order valence-electron chi connectivity index (χ0n) is 15.3. The van der Waals surface area contributed by atoms with E-state index >= 15 is 0 Å². The van der Waals surface area contributed by atoms with Crippen LogP contribution < -0.4 is 16.4 Å². The van der Waals surface area contributed by atoms with Gasteiger partial charge in [0.1, 0.15) is 15.7 Å². The van der Waals surface area contributed by atoms with Crippen molar-refractivity contribution in [3.63, 3.8) is 0 Å². The number of rotatable bonds is 4. The molecule has 1 aromatic carbocycles. The van der Waals surface area contributed by atoms with Gasteiger partial charge in [-0.25, -0.2) is 0 Å². The molecule has 7 heteroatoms. The molecule has 0 unspecified atom stereocenters. The zero-order chi connectivity index (χ0) is 18.7. The highest BCUT2D eigenvalue weighted by molar-refractivity contribution is 6.40. The molecular weight excluding hydrogens is 322 g/mol. The van der Waals surface area contributed by atoms with Gasteiger partial charge in [0.15, 0.2) is 0 Å². The van der Waals surface area contributed by atoms with Crippen molar-refractivity contribution in [2.45, 2.75) is 24.1 Å². The van der Waals surface area contributed by atoms with Crippen molar-refractivity contribution < 1.29 is 4.79 Å². The van der Waals surface area contributed by atoms with Crippen molar-refractivity contribution in [1.29, 1.82) is 5.41 Å². The lowest BCUT2D eigenvalue weighted by Gasteiger charge is -2.40. The molecule has 1 atom stereocenters. The number of nitrogens with two attached hydrogens (primary N) is 1. The van der Waals surface area contributed by atoms with Crippen LogP contribution in [0.25, 0.3) is 0 Å². The van der Waals surface area contributed by atoms with E-state index in [4.69, 9.17) is 11.1 Å². The average molecular weight is 346 g/mol. The number of carbonyl (C=O) groups is 1. The molecule has 0 aromatic heterocycles. The van der Waals surface area contributed by atoms with Crippen LogP contribution in [-0.4, -0.2) is 39.2 Å². The fourth-order valence-corrected chi connectivity index (χ4v) is 3.65. The molecule has 5 N–H and O–H groups in total. The van der Waals surface area contributed by atoms with Gasteiger partial charge in [0.2, 0.25) is 0 Å². The minimum Gasteiger partial charge on any atom is -0.366 e. The van der Waals surface area contributed by atoms with Gasteiger partial charge >= 0.3 is 0 Å². The van der Waals surface area contributed by atoms with Gasteiger partial charge in [-0.15, -0.1) is 0 Å². The minimum atomic E-state index is -0.585. The largest absolute Gasteiger partial charge is 0.366 e. The molecule has 0 bridgehead atoms. The first-order chi connectivity index (χ1) is 12.4. The predicted molar refractivity (Wildman–Crippen MR) is 112 cm³/mol. The van der Waals surface area contributed by atoms with E-state index in [1.807, 2.05) is 0 Å². The van der Waals surface area contributed by atoms with Crippen LogP contribution in [0.3, 0.4) is 0 Å². The number of nitrogens with one attached hydrogen (secondary N) is 3. The quantitative estimate of drug-likeness (QED) is 0.594. The first-order valence-corrected chi connectivity index (χ1v) is 8.97. The normalized spacial score (nSPS) is 23.5. The smallest absolute Gasteiger partial charge is 0.250 e. The molecule has 3 rings (SSSR count). The first kappa shape index (κ1) is 18.3. The lowest BCUT2D eigenvalue weighted by molar-refractivity contribution is -0.114. The molecule has 1 aliphatic heterocycles. The van der Waals surface area contributed by atoms with Gasteiger partial charge in [0.25, 0.3) is 5.91 Å². The molecule has 26 heavy (non-hydrogen) atoms. The average Bonchev–Trinajstić information content (AvgIpc) is 2.61. The van der Waals surface area contributed by atoms with Crippen molar-refractivity contribution >= 4 is 33.0 Å². The Hall–Kier alpha value is -2.53. The van der Waals surface area contributed by atoms with Gasteiger partial charge in [-0.2, -0.15) is 0 Å². The van der Waals surface area contributed by atoms with Gasteiger partial charge in [0, 0.05) is 17.5 Å². The van der Waals surface area contributed by atoms with Crippen LogP contribution in [0.1, 0.15) is 24.3 Å². The highest BCUT2D eigenvalue weighted by Crippen LogP contribution is 2.32. The van der Waals surface area contributed by atoms with E-state index in [0.29, 0.717) is 11.5 Å². The highest BCUT2D eigenvalue weighted by atomic mass is 16.1. The number of primary amides is 1. The number of piperidine rings is 1. The van der Waals surface area contributed by atoms with Gasteiger partial charge in [-0.05, 0) is 54.4 Å². The standard InChI is InChI=1S/C19H24B2N4O/c20-19(21)16(5-2-10-25-19)12-6-8-14(9-7-12)24-11-13-3-1-4-15(17(13)22)18(23)26/h1,3-4,6-9,11,16,22,24-25H,2,5,10,20-21H2,(H2,23,26)/b13-11-,22-17?/t16-/m0/s1. The van der Waals surface area contributed by atoms with E-state index in [0.717, 1.165) is 12.2 Å². The van der Waals surface area contributed by atoms with Gasteiger partial charge in [0.05, 0.1) is 11.3 Å². The predicted octanol–water partition coefficient (Wildman–Crippen LogP) is 0.371. The molecular formula is C19H24B2N4O. The molecule has 132 valence electrons. The van der Waals surface area contributed by atoms with Crippen molar-refractivity contribution in [1.82, 2.24) is 5.32 Å². The summed E-state index contributed by atoms with van der Waals surface area (Å²) in [5, 5.41) is 15.0. The number of benzene rings is 1. The van der Waals surface area contributed by atoms with E-state index in [9.17, 15) is 4.79 Å². The number of anilines is 1. The van der Waals surface area contributed by atoms with E-state index in [-0.39, 0.29) is 16.6 Å². The van der Waals surface area contributed by atoms with E-state index in [1.54, 1.807) is 24.4 Å². The third-order valence-electron chi connectivity index (χ3n) is 5.19. The van der Waals surface area contributed by atoms with Crippen LogP contribution in [0.5, 0.6) is 0 Å². The highest BCUT2D eigenvalue weighted by Gasteiger charge is 2.32. The second-order valence-electron chi connectivity index (χ2n) is 7.39. The number of carbonyl (C=O) groups excluding carboxylic acids is 1. The SMILES string of the molecule is BC1(B)NCCC[C@H]1c1ccc(N/C=C2/C=CC=C(C(N)=O)C2=N)cc1. The number of amides is 1. The molecule has 2 aliphatic rings. The van der Waals surface area contributed by atoms with Crippen LogP contribution in [0, 0.1) is 5.41 Å². The second-order valence-corrected chi connectivity index (χ2v) is 7.39. The van der Waals surface area contributed by atoms with Crippen LogP contribution in [0.15, 0.2) is 59.8 Å². The minimum absolute atomic E-state index is 0.106. The Kier molecular flexibility index (Phi) is 5.18. The monoisotopic (exact) mass is 346 g/mol. The third kappa shape index (κ3) is 3.83. The molecule has 1 fully saturated rings.